The standard InChI is InChI=1S/C25H27N3O3/c1-16(2)26-15-28(27-14-13-21(29)24(30)23(27)25(26)31)22(19-9-5-17(3)6-10-19)20-11-7-18(4)8-12-20/h5-14,16,22,30H,15H2,1-4H3. The van der Waals surface area contributed by atoms with Crippen molar-refractivity contribution < 1.29 is 9.90 Å². The smallest absolute Gasteiger partial charge is 0.278 e. The molecule has 0 aliphatic carbocycles. The molecule has 6 heteroatoms. The van der Waals surface area contributed by atoms with Gasteiger partial charge in [-0.2, -0.15) is 0 Å². The number of carbonyl (C=O) groups is 1. The molecular formula is C25H27N3O3. The Hall–Kier alpha value is -3.54. The first kappa shape index (κ1) is 20.7. The van der Waals surface area contributed by atoms with Gasteiger partial charge in [0, 0.05) is 18.3 Å². The number of amides is 1. The summed E-state index contributed by atoms with van der Waals surface area (Å²) < 4.78 is 1.63. The Bertz CT molecular complexity index is 1120. The molecule has 1 aliphatic heterocycles. The van der Waals surface area contributed by atoms with E-state index in [1.807, 2.05) is 32.7 Å². The molecule has 0 unspecified atom stereocenters. The minimum atomic E-state index is -0.563. The van der Waals surface area contributed by atoms with Crippen molar-refractivity contribution in [3.05, 3.63) is 99.0 Å². The number of rotatable bonds is 4. The summed E-state index contributed by atoms with van der Waals surface area (Å²) in [5.74, 6) is -0.873. The highest BCUT2D eigenvalue weighted by atomic mass is 16.3. The molecule has 0 fully saturated rings. The van der Waals surface area contributed by atoms with Crippen LogP contribution in [-0.2, 0) is 0 Å². The van der Waals surface area contributed by atoms with Crippen LogP contribution in [0.5, 0.6) is 5.75 Å². The molecule has 160 valence electrons. The van der Waals surface area contributed by atoms with E-state index in [0.717, 1.165) is 22.3 Å². The van der Waals surface area contributed by atoms with Gasteiger partial charge in [-0.15, -0.1) is 0 Å². The summed E-state index contributed by atoms with van der Waals surface area (Å²) >= 11 is 0. The van der Waals surface area contributed by atoms with Crippen LogP contribution in [-0.4, -0.2) is 33.3 Å². The molecule has 1 aromatic heterocycles. The molecule has 3 aromatic rings. The summed E-state index contributed by atoms with van der Waals surface area (Å²) in [5, 5.41) is 12.5. The molecule has 1 N–H and O–H groups in total. The zero-order valence-corrected chi connectivity index (χ0v) is 18.2. The molecular weight excluding hydrogens is 390 g/mol. The number of aromatic nitrogens is 1. The van der Waals surface area contributed by atoms with Crippen LogP contribution < -0.4 is 10.4 Å². The molecule has 31 heavy (non-hydrogen) atoms. The topological polar surface area (TPSA) is 65.8 Å². The Morgan fingerprint density at radius 3 is 1.84 bits per heavy atom. The zero-order valence-electron chi connectivity index (χ0n) is 18.2. The lowest BCUT2D eigenvalue weighted by atomic mass is 9.96. The summed E-state index contributed by atoms with van der Waals surface area (Å²) in [5.41, 5.74) is 3.86. The lowest BCUT2D eigenvalue weighted by Gasteiger charge is -2.45. The van der Waals surface area contributed by atoms with E-state index < -0.39 is 11.2 Å². The van der Waals surface area contributed by atoms with E-state index in [2.05, 4.69) is 48.5 Å². The second-order valence-corrected chi connectivity index (χ2v) is 8.40. The van der Waals surface area contributed by atoms with Crippen LogP contribution in [0.1, 0.15) is 52.6 Å². The SMILES string of the molecule is Cc1ccc(C(c2ccc(C)cc2)N2CN(C(C)C)C(=O)c3c(O)c(=O)ccn32)cc1. The van der Waals surface area contributed by atoms with E-state index in [1.165, 1.54) is 6.07 Å². The minimum absolute atomic E-state index is 0.00308. The summed E-state index contributed by atoms with van der Waals surface area (Å²) in [6.45, 7) is 8.26. The highest BCUT2D eigenvalue weighted by Crippen LogP contribution is 2.33. The second kappa shape index (κ2) is 7.95. The number of nitrogens with zero attached hydrogens (tertiary/aromatic N) is 3. The first-order chi connectivity index (χ1) is 14.8. The Balaban J connectivity index is 1.95. The average Bonchev–Trinajstić information content (AvgIpc) is 2.74. The van der Waals surface area contributed by atoms with Crippen molar-refractivity contribution in [1.82, 2.24) is 9.58 Å². The van der Waals surface area contributed by atoms with Crippen LogP contribution in [0.25, 0.3) is 0 Å². The molecule has 2 heterocycles. The molecule has 4 rings (SSSR count). The number of hydrogen-bond acceptors (Lipinski definition) is 4. The Morgan fingerprint density at radius 2 is 1.35 bits per heavy atom. The largest absolute Gasteiger partial charge is 0.502 e. The fourth-order valence-electron chi connectivity index (χ4n) is 3.99. The maximum Gasteiger partial charge on any atom is 0.278 e. The molecule has 0 saturated carbocycles. The number of aryl methyl sites for hydroxylation is 2. The monoisotopic (exact) mass is 417 g/mol. The number of fused-ring (bicyclic) bond motifs is 1. The Labute approximate surface area is 181 Å². The quantitative estimate of drug-likeness (QED) is 0.703. The first-order valence-corrected chi connectivity index (χ1v) is 10.4. The van der Waals surface area contributed by atoms with Crippen LogP contribution in [0.4, 0.5) is 0 Å². The summed E-state index contributed by atoms with van der Waals surface area (Å²) in [4.78, 5) is 27.0. The molecule has 0 saturated heterocycles. The summed E-state index contributed by atoms with van der Waals surface area (Å²) in [6, 6.07) is 17.6. The highest BCUT2D eigenvalue weighted by Gasteiger charge is 2.37. The number of aromatic hydroxyl groups is 1. The van der Waals surface area contributed by atoms with Crippen molar-refractivity contribution in [3.8, 4) is 5.75 Å². The van der Waals surface area contributed by atoms with Gasteiger partial charge in [0.05, 0.1) is 6.04 Å². The highest BCUT2D eigenvalue weighted by molar-refractivity contribution is 5.96. The summed E-state index contributed by atoms with van der Waals surface area (Å²) in [6.07, 6.45) is 1.57. The zero-order chi connectivity index (χ0) is 22.3. The van der Waals surface area contributed by atoms with Gasteiger partial charge in [0.1, 0.15) is 6.67 Å². The predicted molar refractivity (Wildman–Crippen MR) is 121 cm³/mol. The number of pyridine rings is 1. The van der Waals surface area contributed by atoms with E-state index >= 15 is 0 Å². The third kappa shape index (κ3) is 3.69. The molecule has 6 nitrogen and oxygen atoms in total. The molecule has 2 aromatic carbocycles. The van der Waals surface area contributed by atoms with Gasteiger partial charge in [0.25, 0.3) is 5.91 Å². The Kier molecular flexibility index (Phi) is 5.31. The Morgan fingerprint density at radius 1 is 0.839 bits per heavy atom. The number of hydrogen-bond donors (Lipinski definition) is 1. The van der Waals surface area contributed by atoms with Crippen molar-refractivity contribution in [2.75, 3.05) is 11.7 Å². The molecule has 1 amide bonds. The van der Waals surface area contributed by atoms with Gasteiger partial charge in [-0.25, -0.2) is 0 Å². The van der Waals surface area contributed by atoms with Crippen LogP contribution in [0.15, 0.2) is 65.6 Å². The van der Waals surface area contributed by atoms with Crippen LogP contribution >= 0.6 is 0 Å². The van der Waals surface area contributed by atoms with Gasteiger partial charge in [-0.1, -0.05) is 59.7 Å². The van der Waals surface area contributed by atoms with Gasteiger partial charge in [-0.05, 0) is 38.8 Å². The molecule has 0 spiro atoms. The molecule has 0 atom stereocenters. The predicted octanol–water partition coefficient (Wildman–Crippen LogP) is 3.72. The number of carbonyl (C=O) groups excluding carboxylic acids is 1. The minimum Gasteiger partial charge on any atom is -0.502 e. The second-order valence-electron chi connectivity index (χ2n) is 8.40. The molecule has 0 radical (unpaired) electrons. The van der Waals surface area contributed by atoms with Crippen molar-refractivity contribution in [1.29, 1.82) is 0 Å². The van der Waals surface area contributed by atoms with Crippen molar-refractivity contribution >= 4 is 5.91 Å². The van der Waals surface area contributed by atoms with Crippen LogP contribution in [0.2, 0.25) is 0 Å². The van der Waals surface area contributed by atoms with Crippen molar-refractivity contribution in [2.45, 2.75) is 39.8 Å². The maximum atomic E-state index is 13.1. The van der Waals surface area contributed by atoms with Gasteiger partial charge in [-0.3, -0.25) is 19.3 Å². The van der Waals surface area contributed by atoms with Gasteiger partial charge < -0.3 is 10.0 Å². The van der Waals surface area contributed by atoms with Gasteiger partial charge in [0.2, 0.25) is 5.43 Å². The molecule has 1 aliphatic rings. The normalized spacial score (nSPS) is 13.8. The van der Waals surface area contributed by atoms with Gasteiger partial charge in [0.15, 0.2) is 11.4 Å². The fraction of sp³-hybridized carbons (Fsp3) is 0.280. The van der Waals surface area contributed by atoms with E-state index in [4.69, 9.17) is 0 Å². The summed E-state index contributed by atoms with van der Waals surface area (Å²) in [7, 11) is 0. The van der Waals surface area contributed by atoms with Crippen LogP contribution in [0, 0.1) is 13.8 Å². The van der Waals surface area contributed by atoms with Crippen molar-refractivity contribution in [2.24, 2.45) is 0 Å². The van der Waals surface area contributed by atoms with E-state index in [1.54, 1.807) is 15.8 Å². The molecule has 0 bridgehead atoms. The fourth-order valence-corrected chi connectivity index (χ4v) is 3.99. The van der Waals surface area contributed by atoms with E-state index in [9.17, 15) is 14.7 Å². The average molecular weight is 418 g/mol. The third-order valence-electron chi connectivity index (χ3n) is 5.80. The lowest BCUT2D eigenvalue weighted by molar-refractivity contribution is 0.0621. The lowest BCUT2D eigenvalue weighted by Crippen LogP contribution is -2.57. The number of benzene rings is 2. The van der Waals surface area contributed by atoms with Crippen LogP contribution in [0.3, 0.4) is 0 Å². The first-order valence-electron chi connectivity index (χ1n) is 10.4. The van der Waals surface area contributed by atoms with Gasteiger partial charge >= 0.3 is 0 Å². The maximum absolute atomic E-state index is 13.1. The van der Waals surface area contributed by atoms with E-state index in [-0.39, 0.29) is 23.7 Å². The third-order valence-corrected chi connectivity index (χ3v) is 5.80. The van der Waals surface area contributed by atoms with E-state index in [0.29, 0.717) is 6.67 Å². The van der Waals surface area contributed by atoms with Crippen molar-refractivity contribution in [3.63, 3.8) is 0 Å².